The first-order valence-corrected chi connectivity index (χ1v) is 5.58. The summed E-state index contributed by atoms with van der Waals surface area (Å²) in [4.78, 5) is 32.5. The number of nitrogens with zero attached hydrogens (tertiary/aromatic N) is 1. The molecule has 0 rings (SSSR count). The van der Waals surface area contributed by atoms with Crippen molar-refractivity contribution < 1.29 is 38.9 Å². The second-order valence-electron chi connectivity index (χ2n) is 5.30. The molecule has 1 unspecified atom stereocenters. The maximum Gasteiger partial charge on any atom is 0.309 e. The van der Waals surface area contributed by atoms with Crippen LogP contribution in [0.15, 0.2) is 0 Å². The third kappa shape index (κ3) is 7.37. The average Bonchev–Trinajstić information content (AvgIpc) is 2.12. The number of ether oxygens (including phenoxy) is 1. The molecule has 2 N–H and O–H groups in total. The first-order valence-electron chi connectivity index (χ1n) is 5.58. The van der Waals surface area contributed by atoms with E-state index in [1.54, 1.807) is 0 Å². The maximum atomic E-state index is 11.4. The molecule has 0 aliphatic heterocycles. The van der Waals surface area contributed by atoms with Gasteiger partial charge >= 0.3 is 11.9 Å². The van der Waals surface area contributed by atoms with E-state index in [4.69, 9.17) is 9.84 Å². The molecule has 0 amide bonds. The summed E-state index contributed by atoms with van der Waals surface area (Å²) < 4.78 is 5.28. The van der Waals surface area contributed by atoms with E-state index in [0.717, 1.165) is 0 Å². The van der Waals surface area contributed by atoms with Crippen molar-refractivity contribution in [3.05, 3.63) is 0 Å². The third-order valence-corrected chi connectivity index (χ3v) is 2.29. The van der Waals surface area contributed by atoms with E-state index in [-0.39, 0.29) is 6.61 Å². The van der Waals surface area contributed by atoms with Crippen molar-refractivity contribution in [2.24, 2.45) is 0 Å². The first kappa shape index (κ1) is 17.3. The Morgan fingerprint density at radius 2 is 1.74 bits per heavy atom. The molecule has 0 aromatic rings. The smallest absolute Gasteiger partial charge is 0.309 e. The highest BCUT2D eigenvalue weighted by Gasteiger charge is 2.35. The van der Waals surface area contributed by atoms with Crippen LogP contribution in [0.3, 0.4) is 0 Å². The van der Waals surface area contributed by atoms with Crippen molar-refractivity contribution >= 4 is 17.9 Å². The van der Waals surface area contributed by atoms with E-state index >= 15 is 0 Å². The Labute approximate surface area is 110 Å². The van der Waals surface area contributed by atoms with Crippen LogP contribution in [0.2, 0.25) is 0 Å². The first-order chi connectivity index (χ1) is 8.46. The van der Waals surface area contributed by atoms with Gasteiger partial charge < -0.3 is 29.3 Å². The second-order valence-corrected chi connectivity index (χ2v) is 5.30. The van der Waals surface area contributed by atoms with Gasteiger partial charge in [-0.2, -0.15) is 0 Å². The topological polar surface area (TPSA) is 124 Å². The normalized spacial score (nSPS) is 14.5. The van der Waals surface area contributed by atoms with Gasteiger partial charge in [0.2, 0.25) is 0 Å². The van der Waals surface area contributed by atoms with Gasteiger partial charge in [-0.05, 0) is 0 Å². The summed E-state index contributed by atoms with van der Waals surface area (Å²) in [7, 11) is 5.61. The molecule has 19 heavy (non-hydrogen) atoms. The van der Waals surface area contributed by atoms with Crippen molar-refractivity contribution in [1.29, 1.82) is 0 Å². The van der Waals surface area contributed by atoms with Gasteiger partial charge in [-0.3, -0.25) is 9.59 Å². The molecule has 0 fully saturated rings. The fourth-order valence-corrected chi connectivity index (χ4v) is 1.18. The number of rotatable bonds is 8. The quantitative estimate of drug-likeness (QED) is 0.374. The molecule has 0 radical (unpaired) electrons. The summed E-state index contributed by atoms with van der Waals surface area (Å²) in [5.74, 6) is -4.55. The molecule has 0 aliphatic rings. The molecule has 0 spiro atoms. The van der Waals surface area contributed by atoms with Crippen LogP contribution in [0, 0.1) is 0 Å². The zero-order chi connectivity index (χ0) is 15.3. The molecule has 0 aromatic carbocycles. The van der Waals surface area contributed by atoms with E-state index < -0.39 is 36.4 Å². The Balaban J connectivity index is 4.41. The number of hydrogen-bond donors (Lipinski definition) is 2. The lowest BCUT2D eigenvalue weighted by molar-refractivity contribution is -0.870. The van der Waals surface area contributed by atoms with Gasteiger partial charge in [0.1, 0.15) is 18.8 Å². The fourth-order valence-electron chi connectivity index (χ4n) is 1.18. The van der Waals surface area contributed by atoms with Gasteiger partial charge in [0, 0.05) is 0 Å². The number of quaternary nitrogens is 1. The van der Waals surface area contributed by atoms with Crippen LogP contribution in [0.4, 0.5) is 0 Å². The van der Waals surface area contributed by atoms with Crippen molar-refractivity contribution in [2.75, 3.05) is 34.3 Å². The minimum Gasteiger partial charge on any atom is -0.547 e. The van der Waals surface area contributed by atoms with Gasteiger partial charge in [-0.25, -0.2) is 0 Å². The van der Waals surface area contributed by atoms with Gasteiger partial charge in [0.05, 0.1) is 40.0 Å². The predicted octanol–water partition coefficient (Wildman–Crippen LogP) is -2.42. The highest BCUT2D eigenvalue weighted by molar-refractivity contribution is 5.87. The second kappa shape index (κ2) is 6.48. The standard InChI is InChI=1S/C11H19NO7/c1-12(2,3)4-5-19-9(15)7-11(18,10(16)17)6-8(13)14/h18H,4-7H2,1-3H3,(H-,13,14,16,17). The van der Waals surface area contributed by atoms with Crippen molar-refractivity contribution in [1.82, 2.24) is 0 Å². The van der Waals surface area contributed by atoms with Crippen LogP contribution < -0.4 is 5.11 Å². The molecule has 8 heteroatoms. The lowest BCUT2D eigenvalue weighted by Gasteiger charge is -2.27. The van der Waals surface area contributed by atoms with E-state index in [2.05, 4.69) is 0 Å². The maximum absolute atomic E-state index is 11.4. The number of aliphatic hydroxyl groups is 1. The molecule has 1 atom stereocenters. The van der Waals surface area contributed by atoms with E-state index in [1.807, 2.05) is 21.1 Å². The molecule has 0 aliphatic carbocycles. The van der Waals surface area contributed by atoms with Crippen LogP contribution in [0.25, 0.3) is 0 Å². The highest BCUT2D eigenvalue weighted by Crippen LogP contribution is 2.15. The Morgan fingerprint density at radius 3 is 2.11 bits per heavy atom. The Hall–Kier alpha value is -1.67. The molecule has 110 valence electrons. The van der Waals surface area contributed by atoms with Gasteiger partial charge in [0.25, 0.3) is 0 Å². The zero-order valence-corrected chi connectivity index (χ0v) is 11.2. The van der Waals surface area contributed by atoms with Gasteiger partial charge in [-0.15, -0.1) is 0 Å². The van der Waals surface area contributed by atoms with Crippen LogP contribution in [-0.4, -0.2) is 72.5 Å². The largest absolute Gasteiger partial charge is 0.547 e. The van der Waals surface area contributed by atoms with E-state index in [1.165, 1.54) is 0 Å². The molecule has 0 bridgehead atoms. The van der Waals surface area contributed by atoms with Crippen LogP contribution in [-0.2, 0) is 19.1 Å². The highest BCUT2D eigenvalue weighted by atomic mass is 16.5. The minimum absolute atomic E-state index is 0.0402. The minimum atomic E-state index is -2.75. The number of carboxylic acids is 2. The van der Waals surface area contributed by atoms with Crippen LogP contribution >= 0.6 is 0 Å². The SMILES string of the molecule is C[N+](C)(C)CCOC(=O)CC(O)(CC(=O)O)C(=O)[O-]. The Kier molecular flexibility index (Phi) is 5.91. The molecular weight excluding hydrogens is 258 g/mol. The Morgan fingerprint density at radius 1 is 1.21 bits per heavy atom. The number of likely N-dealkylation sites (N-methyl/N-ethyl adjacent to an activating group) is 1. The summed E-state index contributed by atoms with van der Waals surface area (Å²) in [6.07, 6.45) is -2.08. The lowest BCUT2D eigenvalue weighted by Crippen LogP contribution is -2.51. The molecule has 0 heterocycles. The Bertz CT molecular complexity index is 361. The molecule has 8 nitrogen and oxygen atoms in total. The zero-order valence-electron chi connectivity index (χ0n) is 11.2. The van der Waals surface area contributed by atoms with Crippen LogP contribution in [0.5, 0.6) is 0 Å². The lowest BCUT2D eigenvalue weighted by atomic mass is 9.96. The third-order valence-electron chi connectivity index (χ3n) is 2.29. The average molecular weight is 277 g/mol. The molecule has 0 saturated heterocycles. The number of aliphatic carboxylic acids is 2. The van der Waals surface area contributed by atoms with Crippen molar-refractivity contribution in [2.45, 2.75) is 18.4 Å². The summed E-state index contributed by atoms with van der Waals surface area (Å²) in [6.45, 7) is 0.535. The monoisotopic (exact) mass is 277 g/mol. The van der Waals surface area contributed by atoms with E-state index in [9.17, 15) is 24.6 Å². The van der Waals surface area contributed by atoms with Crippen molar-refractivity contribution in [3.63, 3.8) is 0 Å². The number of hydrogen-bond acceptors (Lipinski definition) is 6. The van der Waals surface area contributed by atoms with Crippen LogP contribution in [0.1, 0.15) is 12.8 Å². The summed E-state index contributed by atoms with van der Waals surface area (Å²) in [5, 5.41) is 28.7. The molecular formula is C11H19NO7. The number of esters is 1. The van der Waals surface area contributed by atoms with E-state index in [0.29, 0.717) is 11.0 Å². The number of carbonyl (C=O) groups excluding carboxylic acids is 2. The van der Waals surface area contributed by atoms with Crippen molar-refractivity contribution in [3.8, 4) is 0 Å². The number of carboxylic acid groups (broad SMARTS) is 2. The van der Waals surface area contributed by atoms with Gasteiger partial charge in [0.15, 0.2) is 0 Å². The van der Waals surface area contributed by atoms with Gasteiger partial charge in [-0.1, -0.05) is 0 Å². The fraction of sp³-hybridized carbons (Fsp3) is 0.727. The molecule has 0 saturated carbocycles. The molecule has 0 aromatic heterocycles. The predicted molar refractivity (Wildman–Crippen MR) is 60.7 cm³/mol. The summed E-state index contributed by atoms with van der Waals surface area (Å²) in [5.41, 5.74) is -2.75. The number of carbonyl (C=O) groups is 3. The summed E-state index contributed by atoms with van der Waals surface area (Å²) >= 11 is 0. The summed E-state index contributed by atoms with van der Waals surface area (Å²) in [6, 6.07) is 0.